The van der Waals surface area contributed by atoms with Crippen molar-refractivity contribution in [2.45, 2.75) is 15.9 Å². The fourth-order valence-electron chi connectivity index (χ4n) is 1.85. The summed E-state index contributed by atoms with van der Waals surface area (Å²) >= 11 is 2.90. The molecule has 1 heterocycles. The van der Waals surface area contributed by atoms with Crippen LogP contribution >= 0.6 is 23.5 Å². The van der Waals surface area contributed by atoms with Gasteiger partial charge in [0.2, 0.25) is 5.89 Å². The molecule has 0 unspecified atom stereocenters. The van der Waals surface area contributed by atoms with Crippen LogP contribution in [0.15, 0.2) is 75.2 Å². The summed E-state index contributed by atoms with van der Waals surface area (Å²) in [6, 6.07) is 19.2. The number of carbonyl (C=O) groups is 1. The minimum absolute atomic E-state index is 0.0500. The number of rotatable bonds is 7. The third kappa shape index (κ3) is 4.71. The zero-order chi connectivity index (χ0) is 15.9. The highest BCUT2D eigenvalue weighted by atomic mass is 32.2. The first-order valence-electron chi connectivity index (χ1n) is 7.02. The van der Waals surface area contributed by atoms with Gasteiger partial charge in [-0.05, 0) is 12.1 Å². The van der Waals surface area contributed by atoms with Crippen LogP contribution in [-0.2, 0) is 5.75 Å². The quantitative estimate of drug-likeness (QED) is 0.470. The minimum atomic E-state index is 0.0500. The molecule has 0 fully saturated rings. The number of nitrogens with zero attached hydrogens (tertiary/aromatic N) is 2. The zero-order valence-corrected chi connectivity index (χ0v) is 13.8. The minimum Gasteiger partial charge on any atom is -0.415 e. The second-order valence-corrected chi connectivity index (χ2v) is 6.62. The van der Waals surface area contributed by atoms with Crippen LogP contribution in [0.4, 0.5) is 0 Å². The lowest BCUT2D eigenvalue weighted by Gasteiger charge is -1.98. The first-order chi connectivity index (χ1) is 11.3. The standard InChI is InChI=1S/C17H14N2O2S2/c20-15(13-7-3-1-4-8-13)11-23-17-19-18-16(21-17)12-22-14-9-5-2-6-10-14/h1-10H,11-12H2. The molecule has 23 heavy (non-hydrogen) atoms. The third-order valence-electron chi connectivity index (χ3n) is 2.98. The Balaban J connectivity index is 1.50. The number of aromatic nitrogens is 2. The number of carbonyl (C=O) groups excluding carboxylic acids is 1. The molecule has 3 aromatic rings. The van der Waals surface area contributed by atoms with Crippen molar-refractivity contribution in [3.05, 3.63) is 72.1 Å². The molecule has 4 nitrogen and oxygen atoms in total. The summed E-state index contributed by atoms with van der Waals surface area (Å²) in [6.45, 7) is 0. The van der Waals surface area contributed by atoms with E-state index in [2.05, 4.69) is 10.2 Å². The Morgan fingerprint density at radius 3 is 2.35 bits per heavy atom. The van der Waals surface area contributed by atoms with Crippen molar-refractivity contribution in [3.8, 4) is 0 Å². The van der Waals surface area contributed by atoms with Crippen molar-refractivity contribution in [2.24, 2.45) is 0 Å². The Morgan fingerprint density at radius 1 is 0.913 bits per heavy atom. The maximum Gasteiger partial charge on any atom is 0.277 e. The molecule has 0 N–H and O–H groups in total. The van der Waals surface area contributed by atoms with E-state index in [1.54, 1.807) is 23.9 Å². The molecule has 116 valence electrons. The third-order valence-corrected chi connectivity index (χ3v) is 4.79. The highest BCUT2D eigenvalue weighted by Gasteiger charge is 2.11. The molecule has 0 radical (unpaired) electrons. The second kappa shape index (κ2) is 7.99. The van der Waals surface area contributed by atoms with Crippen LogP contribution in [0, 0.1) is 0 Å². The second-order valence-electron chi connectivity index (χ2n) is 4.64. The molecule has 0 saturated carbocycles. The predicted octanol–water partition coefficient (Wildman–Crippen LogP) is 4.34. The molecular weight excluding hydrogens is 328 g/mol. The number of benzene rings is 2. The van der Waals surface area contributed by atoms with Gasteiger partial charge in [-0.3, -0.25) is 4.79 Å². The van der Waals surface area contributed by atoms with Crippen LogP contribution in [0.1, 0.15) is 16.2 Å². The monoisotopic (exact) mass is 342 g/mol. The number of hydrogen-bond acceptors (Lipinski definition) is 6. The molecule has 3 rings (SSSR count). The van der Waals surface area contributed by atoms with E-state index in [-0.39, 0.29) is 11.5 Å². The van der Waals surface area contributed by atoms with Crippen molar-refractivity contribution in [1.29, 1.82) is 0 Å². The maximum absolute atomic E-state index is 12.0. The smallest absolute Gasteiger partial charge is 0.277 e. The van der Waals surface area contributed by atoms with Gasteiger partial charge in [0, 0.05) is 10.5 Å². The molecule has 0 amide bonds. The molecule has 0 aliphatic heterocycles. The molecule has 0 spiro atoms. The molecule has 1 aromatic heterocycles. The van der Waals surface area contributed by atoms with Gasteiger partial charge < -0.3 is 4.42 Å². The van der Waals surface area contributed by atoms with Gasteiger partial charge in [0.25, 0.3) is 5.22 Å². The van der Waals surface area contributed by atoms with E-state index in [0.29, 0.717) is 22.4 Å². The molecule has 0 saturated heterocycles. The van der Waals surface area contributed by atoms with Crippen LogP contribution < -0.4 is 0 Å². The zero-order valence-electron chi connectivity index (χ0n) is 12.2. The molecule has 0 aliphatic rings. The van der Waals surface area contributed by atoms with E-state index >= 15 is 0 Å². The Labute approximate surface area is 142 Å². The van der Waals surface area contributed by atoms with Crippen molar-refractivity contribution in [1.82, 2.24) is 10.2 Å². The Morgan fingerprint density at radius 2 is 1.61 bits per heavy atom. The fourth-order valence-corrected chi connectivity index (χ4v) is 3.28. The first kappa shape index (κ1) is 15.8. The molecule has 0 atom stereocenters. The SMILES string of the molecule is O=C(CSc1nnc(CSc2ccccc2)o1)c1ccccc1. The normalized spacial score (nSPS) is 10.6. The van der Waals surface area contributed by atoms with Gasteiger partial charge in [0.15, 0.2) is 5.78 Å². The summed E-state index contributed by atoms with van der Waals surface area (Å²) in [6.07, 6.45) is 0. The van der Waals surface area contributed by atoms with Gasteiger partial charge in [-0.25, -0.2) is 0 Å². The number of thioether (sulfide) groups is 2. The number of Topliss-reactive ketones (excluding diaryl/α,β-unsaturated/α-hetero) is 1. The summed E-state index contributed by atoms with van der Waals surface area (Å²) in [7, 11) is 0. The van der Waals surface area contributed by atoms with E-state index < -0.39 is 0 Å². The highest BCUT2D eigenvalue weighted by molar-refractivity contribution is 7.99. The Kier molecular flexibility index (Phi) is 5.50. The molecule has 0 bridgehead atoms. The lowest BCUT2D eigenvalue weighted by molar-refractivity contribution is 0.102. The maximum atomic E-state index is 12.0. The average Bonchev–Trinajstić information content (AvgIpc) is 3.07. The van der Waals surface area contributed by atoms with Gasteiger partial charge >= 0.3 is 0 Å². The van der Waals surface area contributed by atoms with Crippen LogP contribution in [0.25, 0.3) is 0 Å². The summed E-state index contributed by atoms with van der Waals surface area (Å²) in [5, 5.41) is 8.42. The van der Waals surface area contributed by atoms with Crippen LogP contribution in [0.3, 0.4) is 0 Å². The van der Waals surface area contributed by atoms with E-state index in [9.17, 15) is 4.79 Å². The number of ketones is 1. The van der Waals surface area contributed by atoms with Crippen molar-refractivity contribution >= 4 is 29.3 Å². The average molecular weight is 342 g/mol. The van der Waals surface area contributed by atoms with E-state index in [1.165, 1.54) is 11.8 Å². The molecule has 0 aliphatic carbocycles. The number of hydrogen-bond donors (Lipinski definition) is 0. The van der Waals surface area contributed by atoms with Gasteiger partial charge in [-0.1, -0.05) is 60.3 Å². The summed E-state index contributed by atoms with van der Waals surface area (Å²) in [5.41, 5.74) is 0.694. The van der Waals surface area contributed by atoms with Crippen molar-refractivity contribution in [3.63, 3.8) is 0 Å². The summed E-state index contributed by atoms with van der Waals surface area (Å²) in [5.74, 6) is 1.52. The Hall–Kier alpha value is -2.05. The summed E-state index contributed by atoms with van der Waals surface area (Å²) < 4.78 is 5.56. The van der Waals surface area contributed by atoms with Crippen molar-refractivity contribution in [2.75, 3.05) is 5.75 Å². The van der Waals surface area contributed by atoms with E-state index in [0.717, 1.165) is 4.90 Å². The predicted molar refractivity (Wildman–Crippen MR) is 91.8 cm³/mol. The largest absolute Gasteiger partial charge is 0.415 e. The molecule has 2 aromatic carbocycles. The van der Waals surface area contributed by atoms with Crippen molar-refractivity contribution < 1.29 is 9.21 Å². The van der Waals surface area contributed by atoms with Crippen LogP contribution in [-0.4, -0.2) is 21.7 Å². The van der Waals surface area contributed by atoms with E-state index in [1.807, 2.05) is 48.5 Å². The fraction of sp³-hybridized carbons (Fsp3) is 0.118. The van der Waals surface area contributed by atoms with Crippen LogP contribution in [0.5, 0.6) is 0 Å². The molecule has 6 heteroatoms. The Bertz CT molecular complexity index is 761. The molecular formula is C17H14N2O2S2. The van der Waals surface area contributed by atoms with E-state index in [4.69, 9.17) is 4.42 Å². The topological polar surface area (TPSA) is 56.0 Å². The van der Waals surface area contributed by atoms with Gasteiger partial charge in [0.1, 0.15) is 0 Å². The van der Waals surface area contributed by atoms with Crippen LogP contribution in [0.2, 0.25) is 0 Å². The van der Waals surface area contributed by atoms with Gasteiger partial charge in [-0.2, -0.15) is 0 Å². The summed E-state index contributed by atoms with van der Waals surface area (Å²) in [4.78, 5) is 13.2. The highest BCUT2D eigenvalue weighted by Crippen LogP contribution is 2.24. The lowest BCUT2D eigenvalue weighted by Crippen LogP contribution is -2.01. The lowest BCUT2D eigenvalue weighted by atomic mass is 10.2. The van der Waals surface area contributed by atoms with Gasteiger partial charge in [0.05, 0.1) is 11.5 Å². The van der Waals surface area contributed by atoms with Gasteiger partial charge in [-0.15, -0.1) is 22.0 Å². The first-order valence-corrected chi connectivity index (χ1v) is 8.99.